The molecule has 0 radical (unpaired) electrons. The van der Waals surface area contributed by atoms with Crippen molar-refractivity contribution in [1.82, 2.24) is 29.5 Å². The molecule has 232 valence electrons. The van der Waals surface area contributed by atoms with Crippen LogP contribution in [-0.2, 0) is 12.7 Å². The van der Waals surface area contributed by atoms with Crippen molar-refractivity contribution in [2.24, 2.45) is 0 Å². The number of anilines is 2. The zero-order valence-electron chi connectivity index (χ0n) is 24.2. The molecule has 44 heavy (non-hydrogen) atoms. The van der Waals surface area contributed by atoms with Crippen LogP contribution in [-0.4, -0.2) is 68.7 Å². The number of carbonyl (C=O) groups is 1. The van der Waals surface area contributed by atoms with E-state index in [1.807, 2.05) is 25.8 Å². The van der Waals surface area contributed by atoms with E-state index in [1.54, 1.807) is 4.68 Å². The monoisotopic (exact) mass is 646 g/mol. The second-order valence-electron chi connectivity index (χ2n) is 10.7. The van der Waals surface area contributed by atoms with Crippen LogP contribution >= 0.6 is 24.0 Å². The molecule has 1 aliphatic heterocycles. The first-order chi connectivity index (χ1) is 20.4. The highest BCUT2D eigenvalue weighted by molar-refractivity contribution is 6.32. The smallest absolute Gasteiger partial charge is 0.383 e. The van der Waals surface area contributed by atoms with Crippen molar-refractivity contribution in [3.63, 3.8) is 0 Å². The first kappa shape index (κ1) is 33.0. The summed E-state index contributed by atoms with van der Waals surface area (Å²) in [4.78, 5) is 25.6. The average molecular weight is 648 g/mol. The van der Waals surface area contributed by atoms with E-state index in [0.717, 1.165) is 19.2 Å². The number of halogens is 5. The molecule has 5 rings (SSSR count). The summed E-state index contributed by atoms with van der Waals surface area (Å²) in [6, 6.07) is 8.32. The number of amides is 1. The Kier molecular flexibility index (Phi) is 10.1. The molecule has 0 bridgehead atoms. The molecule has 14 heteroatoms. The quantitative estimate of drug-likeness (QED) is 0.277. The van der Waals surface area contributed by atoms with Crippen LogP contribution in [0, 0.1) is 11.8 Å². The topological polar surface area (TPSA) is 105 Å². The first-order valence-corrected chi connectivity index (χ1v) is 14.0. The Hall–Kier alpha value is -3.89. The molecule has 2 aromatic carbocycles. The molecule has 0 unspecified atom stereocenters. The molecule has 2 aromatic heterocycles. The maximum absolute atomic E-state index is 14.0. The summed E-state index contributed by atoms with van der Waals surface area (Å²) in [5.41, 5.74) is 6.89. The number of alkyl halides is 3. The van der Waals surface area contributed by atoms with Gasteiger partial charge in [0, 0.05) is 55.6 Å². The highest BCUT2D eigenvalue weighted by Gasteiger charge is 2.34. The van der Waals surface area contributed by atoms with E-state index in [9.17, 15) is 18.0 Å². The van der Waals surface area contributed by atoms with Crippen LogP contribution in [0.4, 0.5) is 24.7 Å². The van der Waals surface area contributed by atoms with Gasteiger partial charge < -0.3 is 16.0 Å². The van der Waals surface area contributed by atoms with E-state index in [-0.39, 0.29) is 52.6 Å². The SMILES string of the molecule is CC(C)n1nc(C#Cc2cc(C(=O)Nc3ccc(CN4CCN(C)CC4)c(C(F)(F)F)c3)ccc2Cl)c2c(N)ncnc21.Cl. The van der Waals surface area contributed by atoms with Gasteiger partial charge in [0.1, 0.15) is 17.8 Å². The summed E-state index contributed by atoms with van der Waals surface area (Å²) in [6.07, 6.45) is -3.22. The van der Waals surface area contributed by atoms with Crippen molar-refractivity contribution in [2.45, 2.75) is 32.6 Å². The molecule has 0 aliphatic carbocycles. The Morgan fingerprint density at radius 3 is 2.50 bits per heavy atom. The third kappa shape index (κ3) is 7.25. The van der Waals surface area contributed by atoms with Crippen molar-refractivity contribution >= 4 is 52.5 Å². The van der Waals surface area contributed by atoms with Crippen LogP contribution < -0.4 is 11.1 Å². The molecular weight excluding hydrogens is 616 g/mol. The summed E-state index contributed by atoms with van der Waals surface area (Å²) in [5, 5.41) is 7.89. The number of piperazine rings is 1. The number of likely N-dealkylation sites (N-methyl/N-ethyl adjacent to an activating group) is 1. The Balaban J connectivity index is 0.00000442. The zero-order chi connectivity index (χ0) is 30.9. The average Bonchev–Trinajstić information content (AvgIpc) is 3.34. The zero-order valence-corrected chi connectivity index (χ0v) is 25.8. The molecule has 1 amide bonds. The molecule has 9 nitrogen and oxygen atoms in total. The number of rotatable bonds is 5. The van der Waals surface area contributed by atoms with Gasteiger partial charge in [-0.15, -0.1) is 12.4 Å². The molecule has 0 atom stereocenters. The second kappa shape index (κ2) is 13.4. The number of nitrogen functional groups attached to an aromatic ring is 1. The van der Waals surface area contributed by atoms with Gasteiger partial charge in [-0.05, 0) is 62.7 Å². The third-order valence-electron chi connectivity index (χ3n) is 7.21. The molecule has 1 saturated heterocycles. The lowest BCUT2D eigenvalue weighted by Crippen LogP contribution is -2.44. The molecular formula is C30H31Cl2F3N8O. The molecule has 0 saturated carbocycles. The number of hydrogen-bond donors (Lipinski definition) is 2. The van der Waals surface area contributed by atoms with Gasteiger partial charge in [-0.2, -0.15) is 18.3 Å². The summed E-state index contributed by atoms with van der Waals surface area (Å²) in [5.74, 6) is 5.51. The van der Waals surface area contributed by atoms with Crippen LogP contribution in [0.2, 0.25) is 5.02 Å². The number of nitrogens with two attached hydrogens (primary N) is 1. The molecule has 0 spiro atoms. The van der Waals surface area contributed by atoms with E-state index in [4.69, 9.17) is 17.3 Å². The van der Waals surface area contributed by atoms with Crippen molar-refractivity contribution < 1.29 is 18.0 Å². The lowest BCUT2D eigenvalue weighted by molar-refractivity contribution is -0.138. The molecule has 4 aromatic rings. The predicted octanol–water partition coefficient (Wildman–Crippen LogP) is 5.48. The standard InChI is InChI=1S/C30H30ClF3N8O.ClH/c1-18(2)42-28-26(27(35)36-17-37-28)25(39-42)9-6-19-14-20(5-8-24(19)31)29(43)38-22-7-4-21(23(15-22)30(32,33)34)16-41-12-10-40(3)11-13-41;/h4-5,7-8,14-15,17-18H,10-13,16H2,1-3H3,(H,38,43)(H2,35,36,37);1H. The van der Waals surface area contributed by atoms with Gasteiger partial charge in [0.25, 0.3) is 5.91 Å². The fourth-order valence-corrected chi connectivity index (χ4v) is 5.00. The summed E-state index contributed by atoms with van der Waals surface area (Å²) >= 11 is 6.37. The predicted molar refractivity (Wildman–Crippen MR) is 167 cm³/mol. The number of fused-ring (bicyclic) bond motifs is 1. The maximum atomic E-state index is 14.0. The van der Waals surface area contributed by atoms with E-state index < -0.39 is 17.6 Å². The van der Waals surface area contributed by atoms with Crippen molar-refractivity contribution in [1.29, 1.82) is 0 Å². The van der Waals surface area contributed by atoms with Crippen molar-refractivity contribution in [3.8, 4) is 11.8 Å². The molecule has 3 N–H and O–H groups in total. The van der Waals surface area contributed by atoms with Gasteiger partial charge in [0.15, 0.2) is 5.65 Å². The van der Waals surface area contributed by atoms with E-state index in [1.165, 1.54) is 36.7 Å². The number of nitrogens with zero attached hydrogens (tertiary/aromatic N) is 6. The van der Waals surface area contributed by atoms with E-state index >= 15 is 0 Å². The third-order valence-corrected chi connectivity index (χ3v) is 7.54. The molecule has 1 aliphatic rings. The minimum absolute atomic E-state index is 0. The number of benzene rings is 2. The number of nitrogens with one attached hydrogen (secondary N) is 1. The van der Waals surface area contributed by atoms with Gasteiger partial charge in [0.05, 0.1) is 16.0 Å². The fraction of sp³-hybridized carbons (Fsp3) is 0.333. The Morgan fingerprint density at radius 2 is 1.82 bits per heavy atom. The lowest BCUT2D eigenvalue weighted by atomic mass is 10.0. The van der Waals surface area contributed by atoms with E-state index in [0.29, 0.717) is 35.4 Å². The van der Waals surface area contributed by atoms with Crippen LogP contribution in [0.15, 0.2) is 42.7 Å². The summed E-state index contributed by atoms with van der Waals surface area (Å²) in [6.45, 7) is 7.03. The summed E-state index contributed by atoms with van der Waals surface area (Å²) < 4.78 is 43.7. The van der Waals surface area contributed by atoms with E-state index in [2.05, 4.69) is 37.1 Å². The van der Waals surface area contributed by atoms with Crippen LogP contribution in [0.1, 0.15) is 52.6 Å². The van der Waals surface area contributed by atoms with Gasteiger partial charge in [0.2, 0.25) is 0 Å². The van der Waals surface area contributed by atoms with Crippen LogP contribution in [0.3, 0.4) is 0 Å². The van der Waals surface area contributed by atoms with Crippen molar-refractivity contribution in [3.05, 3.63) is 75.7 Å². The lowest BCUT2D eigenvalue weighted by Gasteiger charge is -2.33. The van der Waals surface area contributed by atoms with Gasteiger partial charge in [-0.3, -0.25) is 9.69 Å². The van der Waals surface area contributed by atoms with Crippen LogP contribution in [0.5, 0.6) is 0 Å². The first-order valence-electron chi connectivity index (χ1n) is 13.6. The second-order valence-corrected chi connectivity index (χ2v) is 11.1. The highest BCUT2D eigenvalue weighted by Crippen LogP contribution is 2.35. The largest absolute Gasteiger partial charge is 0.416 e. The normalized spacial score (nSPS) is 14.3. The number of aromatic nitrogens is 4. The minimum Gasteiger partial charge on any atom is -0.383 e. The summed E-state index contributed by atoms with van der Waals surface area (Å²) in [7, 11) is 1.99. The number of hydrogen-bond acceptors (Lipinski definition) is 7. The number of carbonyl (C=O) groups excluding carboxylic acids is 1. The Labute approximate surface area is 264 Å². The van der Waals surface area contributed by atoms with Gasteiger partial charge >= 0.3 is 6.18 Å². The van der Waals surface area contributed by atoms with Crippen LogP contribution in [0.25, 0.3) is 11.0 Å². The fourth-order valence-electron chi connectivity index (χ4n) is 4.84. The minimum atomic E-state index is -4.58. The van der Waals surface area contributed by atoms with Gasteiger partial charge in [-0.25, -0.2) is 14.6 Å². The maximum Gasteiger partial charge on any atom is 0.416 e. The molecule has 3 heterocycles. The molecule has 1 fully saturated rings. The van der Waals surface area contributed by atoms with Gasteiger partial charge in [-0.1, -0.05) is 23.6 Å². The Morgan fingerprint density at radius 1 is 1.09 bits per heavy atom. The Bertz CT molecular complexity index is 1740. The highest BCUT2D eigenvalue weighted by atomic mass is 35.5. The van der Waals surface area contributed by atoms with Crippen molar-refractivity contribution in [2.75, 3.05) is 44.3 Å².